The van der Waals surface area contributed by atoms with Crippen molar-refractivity contribution in [3.05, 3.63) is 58.7 Å². The van der Waals surface area contributed by atoms with Gasteiger partial charge in [0.25, 0.3) is 0 Å². The van der Waals surface area contributed by atoms with Crippen LogP contribution < -0.4 is 4.90 Å². The van der Waals surface area contributed by atoms with Gasteiger partial charge in [0.05, 0.1) is 6.42 Å². The Morgan fingerprint density at radius 2 is 2.14 bits per heavy atom. The second-order valence-corrected chi connectivity index (χ2v) is 5.32. The first-order valence-corrected chi connectivity index (χ1v) is 7.06. The van der Waals surface area contributed by atoms with Crippen LogP contribution in [0.2, 0.25) is 5.02 Å². The summed E-state index contributed by atoms with van der Waals surface area (Å²) in [5.74, 6) is -0.0463. The van der Waals surface area contributed by atoms with Gasteiger partial charge in [-0.15, -0.1) is 0 Å². The number of halogens is 1. The first-order chi connectivity index (χ1) is 10.0. The van der Waals surface area contributed by atoms with Crippen LogP contribution in [0.5, 0.6) is 0 Å². The van der Waals surface area contributed by atoms with Gasteiger partial charge in [0, 0.05) is 24.3 Å². The minimum Gasteiger partial charge on any atom is -0.481 e. The van der Waals surface area contributed by atoms with E-state index in [9.17, 15) is 4.79 Å². The highest BCUT2D eigenvalue weighted by Gasteiger charge is 2.11. The Morgan fingerprint density at radius 3 is 2.81 bits per heavy atom. The van der Waals surface area contributed by atoms with Crippen molar-refractivity contribution < 1.29 is 9.90 Å². The Labute approximate surface area is 129 Å². The molecule has 4 nitrogen and oxygen atoms in total. The van der Waals surface area contributed by atoms with E-state index in [1.54, 1.807) is 6.20 Å². The summed E-state index contributed by atoms with van der Waals surface area (Å²) < 4.78 is 0. The van der Waals surface area contributed by atoms with E-state index < -0.39 is 5.97 Å². The summed E-state index contributed by atoms with van der Waals surface area (Å²) in [7, 11) is 0. The van der Waals surface area contributed by atoms with Crippen LogP contribution in [0, 0.1) is 6.92 Å². The number of aliphatic carboxylic acids is 1. The molecule has 1 heterocycles. The quantitative estimate of drug-likeness (QED) is 0.887. The van der Waals surface area contributed by atoms with Gasteiger partial charge < -0.3 is 10.0 Å². The number of aromatic nitrogens is 1. The molecule has 0 saturated heterocycles. The van der Waals surface area contributed by atoms with Crippen LogP contribution in [0.4, 0.5) is 5.82 Å². The van der Waals surface area contributed by atoms with Crippen LogP contribution >= 0.6 is 11.6 Å². The number of rotatable bonds is 6. The maximum absolute atomic E-state index is 10.8. The zero-order valence-corrected chi connectivity index (χ0v) is 12.5. The molecule has 0 bridgehead atoms. The minimum absolute atomic E-state index is 0.0657. The number of carboxylic acid groups (broad SMARTS) is 1. The van der Waals surface area contributed by atoms with Crippen molar-refractivity contribution in [3.8, 4) is 0 Å². The monoisotopic (exact) mass is 304 g/mol. The number of hydrogen-bond donors (Lipinski definition) is 1. The Balaban J connectivity index is 2.21. The molecule has 1 aromatic carbocycles. The molecular weight excluding hydrogens is 288 g/mol. The van der Waals surface area contributed by atoms with Crippen molar-refractivity contribution in [3.63, 3.8) is 0 Å². The predicted molar refractivity (Wildman–Crippen MR) is 83.7 cm³/mol. The van der Waals surface area contributed by atoms with Gasteiger partial charge in [0.15, 0.2) is 0 Å². The summed E-state index contributed by atoms with van der Waals surface area (Å²) in [6.45, 7) is 2.96. The SMILES string of the molecule is Cc1ccnc(N(CCC(=O)O)Cc2cccc(Cl)c2)c1. The molecule has 0 radical (unpaired) electrons. The lowest BCUT2D eigenvalue weighted by Crippen LogP contribution is -2.26. The van der Waals surface area contributed by atoms with Gasteiger partial charge in [-0.1, -0.05) is 23.7 Å². The first-order valence-electron chi connectivity index (χ1n) is 6.68. The smallest absolute Gasteiger partial charge is 0.305 e. The Hall–Kier alpha value is -2.07. The predicted octanol–water partition coefficient (Wildman–Crippen LogP) is 3.52. The van der Waals surface area contributed by atoms with Crippen LogP contribution in [0.1, 0.15) is 17.5 Å². The second-order valence-electron chi connectivity index (χ2n) is 4.89. The molecule has 0 aliphatic heterocycles. The normalized spacial score (nSPS) is 10.4. The van der Waals surface area contributed by atoms with Crippen molar-refractivity contribution in [2.24, 2.45) is 0 Å². The summed E-state index contributed by atoms with van der Waals surface area (Å²) in [5.41, 5.74) is 2.11. The molecule has 2 aromatic rings. The van der Waals surface area contributed by atoms with Gasteiger partial charge in [-0.05, 0) is 42.3 Å². The average Bonchev–Trinajstić information content (AvgIpc) is 2.43. The van der Waals surface area contributed by atoms with Crippen molar-refractivity contribution in [2.45, 2.75) is 19.9 Å². The molecule has 1 N–H and O–H groups in total. The Kier molecular flexibility index (Phi) is 5.17. The number of nitrogens with zero attached hydrogens (tertiary/aromatic N) is 2. The Morgan fingerprint density at radius 1 is 1.33 bits per heavy atom. The van der Waals surface area contributed by atoms with E-state index in [4.69, 9.17) is 16.7 Å². The molecule has 1 aromatic heterocycles. The molecule has 2 rings (SSSR count). The summed E-state index contributed by atoms with van der Waals surface area (Å²) in [6.07, 6.45) is 1.80. The number of anilines is 1. The fourth-order valence-electron chi connectivity index (χ4n) is 2.05. The zero-order valence-electron chi connectivity index (χ0n) is 11.8. The maximum Gasteiger partial charge on any atom is 0.305 e. The lowest BCUT2D eigenvalue weighted by atomic mass is 10.2. The minimum atomic E-state index is -0.821. The van der Waals surface area contributed by atoms with E-state index in [0.29, 0.717) is 18.1 Å². The van der Waals surface area contributed by atoms with Gasteiger partial charge in [0.2, 0.25) is 0 Å². The largest absolute Gasteiger partial charge is 0.481 e. The molecular formula is C16H17ClN2O2. The standard InChI is InChI=1S/C16H17ClN2O2/c1-12-5-7-18-15(9-12)19(8-6-16(20)21)11-13-3-2-4-14(17)10-13/h2-5,7,9-10H,6,8,11H2,1H3,(H,20,21). The summed E-state index contributed by atoms with van der Waals surface area (Å²) in [4.78, 5) is 17.1. The Bertz CT molecular complexity index is 631. The number of benzene rings is 1. The molecule has 0 amide bonds. The van der Waals surface area contributed by atoms with Crippen molar-refractivity contribution in [1.82, 2.24) is 4.98 Å². The third-order valence-corrected chi connectivity index (χ3v) is 3.32. The highest BCUT2D eigenvalue weighted by Crippen LogP contribution is 2.18. The van der Waals surface area contributed by atoms with Crippen LogP contribution in [0.15, 0.2) is 42.6 Å². The average molecular weight is 305 g/mol. The fourth-order valence-corrected chi connectivity index (χ4v) is 2.27. The van der Waals surface area contributed by atoms with E-state index in [1.165, 1.54) is 0 Å². The molecule has 0 aliphatic rings. The summed E-state index contributed by atoms with van der Waals surface area (Å²) in [5, 5.41) is 9.58. The highest BCUT2D eigenvalue weighted by atomic mass is 35.5. The number of aryl methyl sites for hydroxylation is 1. The molecule has 5 heteroatoms. The van der Waals surface area contributed by atoms with Crippen LogP contribution in [0.25, 0.3) is 0 Å². The lowest BCUT2D eigenvalue weighted by molar-refractivity contribution is -0.136. The maximum atomic E-state index is 10.8. The zero-order chi connectivity index (χ0) is 15.2. The van der Waals surface area contributed by atoms with Crippen LogP contribution in [-0.2, 0) is 11.3 Å². The van der Waals surface area contributed by atoms with Crippen molar-refractivity contribution >= 4 is 23.4 Å². The molecule has 21 heavy (non-hydrogen) atoms. The van der Waals surface area contributed by atoms with E-state index >= 15 is 0 Å². The number of pyridine rings is 1. The van der Waals surface area contributed by atoms with E-state index in [-0.39, 0.29) is 6.42 Å². The van der Waals surface area contributed by atoms with Gasteiger partial charge in [-0.25, -0.2) is 4.98 Å². The van der Waals surface area contributed by atoms with Gasteiger partial charge >= 0.3 is 5.97 Å². The summed E-state index contributed by atoms with van der Waals surface area (Å²) in [6, 6.07) is 11.4. The van der Waals surface area contributed by atoms with Gasteiger partial charge in [-0.3, -0.25) is 4.79 Å². The van der Waals surface area contributed by atoms with Gasteiger partial charge in [0.1, 0.15) is 5.82 Å². The fraction of sp³-hybridized carbons (Fsp3) is 0.250. The molecule has 0 fully saturated rings. The molecule has 0 saturated carbocycles. The third kappa shape index (κ3) is 4.76. The number of hydrogen-bond acceptors (Lipinski definition) is 3. The van der Waals surface area contributed by atoms with Crippen LogP contribution in [0.3, 0.4) is 0 Å². The van der Waals surface area contributed by atoms with Crippen LogP contribution in [-0.4, -0.2) is 22.6 Å². The molecule has 0 atom stereocenters. The molecule has 0 spiro atoms. The van der Waals surface area contributed by atoms with E-state index in [1.807, 2.05) is 48.2 Å². The van der Waals surface area contributed by atoms with Gasteiger partial charge in [-0.2, -0.15) is 0 Å². The van der Waals surface area contributed by atoms with E-state index in [0.717, 1.165) is 16.9 Å². The second kappa shape index (κ2) is 7.09. The highest BCUT2D eigenvalue weighted by molar-refractivity contribution is 6.30. The summed E-state index contributed by atoms with van der Waals surface area (Å²) >= 11 is 6.00. The molecule has 0 aliphatic carbocycles. The molecule has 0 unspecified atom stereocenters. The lowest BCUT2D eigenvalue weighted by Gasteiger charge is -2.23. The number of carboxylic acids is 1. The van der Waals surface area contributed by atoms with Crippen molar-refractivity contribution in [2.75, 3.05) is 11.4 Å². The number of carbonyl (C=O) groups is 1. The molecule has 110 valence electrons. The van der Waals surface area contributed by atoms with Crippen molar-refractivity contribution in [1.29, 1.82) is 0 Å². The first kappa shape index (κ1) is 15.3. The van der Waals surface area contributed by atoms with E-state index in [2.05, 4.69) is 4.98 Å². The third-order valence-electron chi connectivity index (χ3n) is 3.08. The topological polar surface area (TPSA) is 53.4 Å².